The van der Waals surface area contributed by atoms with Crippen molar-refractivity contribution in [3.8, 4) is 0 Å². The van der Waals surface area contributed by atoms with E-state index in [0.717, 1.165) is 12.8 Å². The van der Waals surface area contributed by atoms with Crippen LogP contribution in [0.2, 0.25) is 0 Å². The summed E-state index contributed by atoms with van der Waals surface area (Å²) in [4.78, 5) is 23.2. The molecule has 0 heterocycles. The highest BCUT2D eigenvalue weighted by Gasteiger charge is 2.28. The number of hydrogen-bond acceptors (Lipinski definition) is 2. The highest BCUT2D eigenvalue weighted by atomic mass is 16.2. The zero-order valence-corrected chi connectivity index (χ0v) is 12.6. The molecule has 4 nitrogen and oxygen atoms in total. The summed E-state index contributed by atoms with van der Waals surface area (Å²) < 4.78 is 0. The van der Waals surface area contributed by atoms with Crippen molar-refractivity contribution in [2.75, 3.05) is 13.1 Å². The Labute approximate surface area is 126 Å². The number of carbonyl (C=O) groups excluding carboxylic acids is 2. The molecule has 0 saturated heterocycles. The van der Waals surface area contributed by atoms with Gasteiger partial charge in [0.05, 0.1) is 0 Å². The molecule has 0 bridgehead atoms. The van der Waals surface area contributed by atoms with Crippen LogP contribution in [0.25, 0.3) is 0 Å². The molecule has 0 aliphatic heterocycles. The first-order valence-electron chi connectivity index (χ1n) is 7.76. The highest BCUT2D eigenvalue weighted by molar-refractivity contribution is 5.81. The minimum absolute atomic E-state index is 0.0541. The van der Waals surface area contributed by atoms with Crippen molar-refractivity contribution in [1.82, 2.24) is 10.6 Å². The molecular weight excluding hydrogens is 264 g/mol. The predicted octanol–water partition coefficient (Wildman–Crippen LogP) is 2.21. The van der Waals surface area contributed by atoms with Crippen molar-refractivity contribution in [2.45, 2.75) is 38.5 Å². The molecule has 114 valence electrons. The van der Waals surface area contributed by atoms with Crippen LogP contribution < -0.4 is 10.6 Å². The maximum absolute atomic E-state index is 11.7. The molecule has 1 saturated carbocycles. The maximum atomic E-state index is 11.7. The number of amides is 2. The van der Waals surface area contributed by atoms with Crippen molar-refractivity contribution in [1.29, 1.82) is 0 Å². The lowest BCUT2D eigenvalue weighted by molar-refractivity contribution is -0.123. The van der Waals surface area contributed by atoms with Gasteiger partial charge in [-0.3, -0.25) is 9.59 Å². The first kappa shape index (κ1) is 15.5. The number of benzene rings is 1. The largest absolute Gasteiger partial charge is 0.356 e. The van der Waals surface area contributed by atoms with E-state index in [2.05, 4.69) is 29.7 Å². The van der Waals surface area contributed by atoms with Crippen LogP contribution in [0.4, 0.5) is 0 Å². The smallest absolute Gasteiger partial charge is 0.223 e. The molecule has 1 aliphatic rings. The molecule has 1 fully saturated rings. The van der Waals surface area contributed by atoms with Crippen molar-refractivity contribution in [3.05, 3.63) is 35.9 Å². The molecule has 1 aromatic rings. The second-order valence-electron chi connectivity index (χ2n) is 5.78. The first-order chi connectivity index (χ1) is 10.2. The Balaban J connectivity index is 1.55. The lowest BCUT2D eigenvalue weighted by Crippen LogP contribution is -2.30. The lowest BCUT2D eigenvalue weighted by Gasteiger charge is -2.13. The Hall–Kier alpha value is -1.84. The molecule has 1 unspecified atom stereocenters. The van der Waals surface area contributed by atoms with Crippen LogP contribution in [0, 0.1) is 5.92 Å². The molecule has 2 amide bonds. The Bertz CT molecular complexity index is 469. The summed E-state index contributed by atoms with van der Waals surface area (Å²) in [5, 5.41) is 5.82. The molecule has 0 spiro atoms. The maximum Gasteiger partial charge on any atom is 0.223 e. The van der Waals surface area contributed by atoms with Gasteiger partial charge < -0.3 is 10.6 Å². The Kier molecular flexibility index (Phi) is 5.78. The third-order valence-electron chi connectivity index (χ3n) is 3.80. The van der Waals surface area contributed by atoms with Crippen LogP contribution in [-0.4, -0.2) is 24.9 Å². The van der Waals surface area contributed by atoms with E-state index in [9.17, 15) is 9.59 Å². The molecule has 0 aromatic heterocycles. The van der Waals surface area contributed by atoms with E-state index >= 15 is 0 Å². The minimum Gasteiger partial charge on any atom is -0.356 e. The summed E-state index contributed by atoms with van der Waals surface area (Å²) in [6.45, 7) is 3.35. The molecule has 1 aliphatic carbocycles. The number of rotatable bonds is 8. The number of nitrogens with one attached hydrogen (secondary N) is 2. The van der Waals surface area contributed by atoms with Gasteiger partial charge in [-0.05, 0) is 30.7 Å². The van der Waals surface area contributed by atoms with E-state index in [0.29, 0.717) is 31.8 Å². The quantitative estimate of drug-likeness (QED) is 0.721. The van der Waals surface area contributed by atoms with Crippen LogP contribution in [0.1, 0.15) is 44.1 Å². The van der Waals surface area contributed by atoms with Gasteiger partial charge in [-0.15, -0.1) is 0 Å². The summed E-state index contributed by atoms with van der Waals surface area (Å²) in [5.74, 6) is 0.752. The summed E-state index contributed by atoms with van der Waals surface area (Å²) in [7, 11) is 0. The van der Waals surface area contributed by atoms with E-state index < -0.39 is 0 Å². The van der Waals surface area contributed by atoms with Gasteiger partial charge in [-0.1, -0.05) is 37.3 Å². The topological polar surface area (TPSA) is 58.2 Å². The summed E-state index contributed by atoms with van der Waals surface area (Å²) in [6, 6.07) is 10.2. The summed E-state index contributed by atoms with van der Waals surface area (Å²) in [6.07, 6.45) is 3.20. The van der Waals surface area contributed by atoms with E-state index in [4.69, 9.17) is 0 Å². The Morgan fingerprint density at radius 1 is 1.19 bits per heavy atom. The minimum atomic E-state index is 0.0541. The van der Waals surface area contributed by atoms with Crippen LogP contribution >= 0.6 is 0 Å². The van der Waals surface area contributed by atoms with Crippen molar-refractivity contribution >= 4 is 11.8 Å². The van der Waals surface area contributed by atoms with Gasteiger partial charge >= 0.3 is 0 Å². The fourth-order valence-electron chi connectivity index (χ4n) is 2.21. The third kappa shape index (κ3) is 5.58. The first-order valence-corrected chi connectivity index (χ1v) is 7.76. The van der Waals surface area contributed by atoms with Crippen LogP contribution in [0.3, 0.4) is 0 Å². The molecular formula is C17H24N2O2. The highest BCUT2D eigenvalue weighted by Crippen LogP contribution is 2.28. The predicted molar refractivity (Wildman–Crippen MR) is 82.8 cm³/mol. The van der Waals surface area contributed by atoms with Gasteiger partial charge in [0, 0.05) is 25.4 Å². The Morgan fingerprint density at radius 3 is 2.57 bits per heavy atom. The lowest BCUT2D eigenvalue weighted by atomic mass is 10.0. The normalized spacial score (nSPS) is 15.3. The van der Waals surface area contributed by atoms with Crippen molar-refractivity contribution in [2.24, 2.45) is 5.92 Å². The molecule has 0 radical (unpaired) electrons. The zero-order chi connectivity index (χ0) is 15.1. The monoisotopic (exact) mass is 288 g/mol. The molecule has 4 heteroatoms. The number of carbonyl (C=O) groups is 2. The van der Waals surface area contributed by atoms with Crippen LogP contribution in [-0.2, 0) is 9.59 Å². The fourth-order valence-corrected chi connectivity index (χ4v) is 2.21. The summed E-state index contributed by atoms with van der Waals surface area (Å²) in [5.41, 5.74) is 1.23. The van der Waals surface area contributed by atoms with E-state index in [1.54, 1.807) is 0 Å². The van der Waals surface area contributed by atoms with Crippen LogP contribution in [0.15, 0.2) is 30.3 Å². The fraction of sp³-hybridized carbons (Fsp3) is 0.529. The second kappa shape index (κ2) is 7.81. The summed E-state index contributed by atoms with van der Waals surface area (Å²) >= 11 is 0. The van der Waals surface area contributed by atoms with Gasteiger partial charge in [0.1, 0.15) is 0 Å². The molecule has 1 aromatic carbocycles. The molecule has 21 heavy (non-hydrogen) atoms. The second-order valence-corrected chi connectivity index (χ2v) is 5.78. The van der Waals surface area contributed by atoms with E-state index in [-0.39, 0.29) is 17.7 Å². The molecule has 2 rings (SSSR count). The zero-order valence-electron chi connectivity index (χ0n) is 12.6. The standard InChI is InChI=1S/C17H24N2O2/c1-13(14-6-3-2-4-7-14)12-19-16(20)8-5-11-18-17(21)15-9-10-15/h2-4,6-7,13,15H,5,8-12H2,1H3,(H,18,21)(H,19,20). The van der Waals surface area contributed by atoms with Crippen molar-refractivity contribution < 1.29 is 9.59 Å². The van der Waals surface area contributed by atoms with Crippen LogP contribution in [0.5, 0.6) is 0 Å². The third-order valence-corrected chi connectivity index (χ3v) is 3.80. The van der Waals surface area contributed by atoms with E-state index in [1.807, 2.05) is 18.2 Å². The average molecular weight is 288 g/mol. The SMILES string of the molecule is CC(CNC(=O)CCCNC(=O)C1CC1)c1ccccc1. The molecule has 2 N–H and O–H groups in total. The van der Waals surface area contributed by atoms with Crippen molar-refractivity contribution in [3.63, 3.8) is 0 Å². The van der Waals surface area contributed by atoms with Gasteiger partial charge in [-0.2, -0.15) is 0 Å². The van der Waals surface area contributed by atoms with Gasteiger partial charge in [0.2, 0.25) is 11.8 Å². The van der Waals surface area contributed by atoms with Gasteiger partial charge in [-0.25, -0.2) is 0 Å². The molecule has 1 atom stereocenters. The number of hydrogen-bond donors (Lipinski definition) is 2. The van der Waals surface area contributed by atoms with Gasteiger partial charge in [0.25, 0.3) is 0 Å². The van der Waals surface area contributed by atoms with Gasteiger partial charge in [0.15, 0.2) is 0 Å². The Morgan fingerprint density at radius 2 is 1.90 bits per heavy atom. The van der Waals surface area contributed by atoms with E-state index in [1.165, 1.54) is 5.56 Å². The average Bonchev–Trinajstić information content (AvgIpc) is 3.34.